The molecule has 1 aliphatic rings. The summed E-state index contributed by atoms with van der Waals surface area (Å²) in [6.45, 7) is 1.30. The van der Waals surface area contributed by atoms with Crippen molar-refractivity contribution < 1.29 is 12.8 Å². The van der Waals surface area contributed by atoms with Gasteiger partial charge >= 0.3 is 0 Å². The molecule has 1 aliphatic heterocycles. The van der Waals surface area contributed by atoms with E-state index in [2.05, 4.69) is 4.98 Å². The number of nitrogens with two attached hydrogens (primary N) is 1. The highest BCUT2D eigenvalue weighted by molar-refractivity contribution is 7.89. The van der Waals surface area contributed by atoms with Crippen molar-refractivity contribution in [2.75, 3.05) is 19.6 Å². The first-order valence-electron chi connectivity index (χ1n) is 5.35. The van der Waals surface area contributed by atoms with Crippen molar-refractivity contribution in [1.29, 1.82) is 0 Å². The molecule has 2 heterocycles. The molecule has 0 aromatic carbocycles. The van der Waals surface area contributed by atoms with Gasteiger partial charge in [-0.25, -0.2) is 12.8 Å². The van der Waals surface area contributed by atoms with Crippen molar-refractivity contribution in [3.63, 3.8) is 0 Å². The molecule has 0 saturated carbocycles. The van der Waals surface area contributed by atoms with Crippen molar-refractivity contribution >= 4 is 10.0 Å². The Balaban J connectivity index is 2.25. The Bertz CT molecular complexity index is 506. The van der Waals surface area contributed by atoms with Gasteiger partial charge in [-0.3, -0.25) is 4.98 Å². The van der Waals surface area contributed by atoms with Crippen LogP contribution in [-0.4, -0.2) is 37.3 Å². The highest BCUT2D eigenvalue weighted by atomic mass is 32.2. The van der Waals surface area contributed by atoms with Crippen LogP contribution in [0.4, 0.5) is 4.39 Å². The maximum atomic E-state index is 13.0. The monoisotopic (exact) mass is 259 g/mol. The summed E-state index contributed by atoms with van der Waals surface area (Å²) in [4.78, 5) is 3.45. The molecule has 1 atom stereocenters. The Hall–Kier alpha value is -1.05. The van der Waals surface area contributed by atoms with Crippen LogP contribution in [0, 0.1) is 11.7 Å². The van der Waals surface area contributed by atoms with Gasteiger partial charge in [0, 0.05) is 19.3 Å². The number of rotatable bonds is 3. The SMILES string of the molecule is NC[C@H]1CCN(S(=O)(=O)c2cncc(F)c2)C1. The normalized spacial score (nSPS) is 21.9. The molecule has 94 valence electrons. The van der Waals surface area contributed by atoms with Crippen LogP contribution in [0.25, 0.3) is 0 Å². The fourth-order valence-corrected chi connectivity index (χ4v) is 3.40. The van der Waals surface area contributed by atoms with Crippen LogP contribution in [0.5, 0.6) is 0 Å². The summed E-state index contributed by atoms with van der Waals surface area (Å²) in [6.07, 6.45) is 2.89. The van der Waals surface area contributed by atoms with E-state index in [9.17, 15) is 12.8 Å². The zero-order valence-corrected chi connectivity index (χ0v) is 10.0. The van der Waals surface area contributed by atoms with Crippen LogP contribution in [0.1, 0.15) is 6.42 Å². The third-order valence-electron chi connectivity index (χ3n) is 2.90. The lowest BCUT2D eigenvalue weighted by atomic mass is 10.1. The lowest BCUT2D eigenvalue weighted by Crippen LogP contribution is -2.30. The standard InChI is InChI=1S/C10H14FN3O2S/c11-9-3-10(6-13-5-9)17(15,16)14-2-1-8(4-12)7-14/h3,5-6,8H,1-2,4,7,12H2/t8-/m1/s1. The summed E-state index contributed by atoms with van der Waals surface area (Å²) >= 11 is 0. The molecule has 1 saturated heterocycles. The molecule has 1 aromatic rings. The van der Waals surface area contributed by atoms with Gasteiger partial charge in [-0.05, 0) is 24.9 Å². The minimum absolute atomic E-state index is 0.102. The molecule has 0 spiro atoms. The molecule has 2 N–H and O–H groups in total. The van der Waals surface area contributed by atoms with E-state index in [4.69, 9.17) is 5.73 Å². The fraction of sp³-hybridized carbons (Fsp3) is 0.500. The van der Waals surface area contributed by atoms with Gasteiger partial charge in [0.25, 0.3) is 0 Å². The van der Waals surface area contributed by atoms with Gasteiger partial charge in [0.05, 0.1) is 6.20 Å². The van der Waals surface area contributed by atoms with Gasteiger partial charge in [-0.1, -0.05) is 0 Å². The van der Waals surface area contributed by atoms with Crippen molar-refractivity contribution in [3.8, 4) is 0 Å². The summed E-state index contributed by atoms with van der Waals surface area (Å²) < 4.78 is 38.5. The third kappa shape index (κ3) is 2.46. The second-order valence-electron chi connectivity index (χ2n) is 4.09. The molecule has 1 aromatic heterocycles. The molecular formula is C10H14FN3O2S. The van der Waals surface area contributed by atoms with Crippen molar-refractivity contribution in [3.05, 3.63) is 24.3 Å². The maximum Gasteiger partial charge on any atom is 0.244 e. The summed E-state index contributed by atoms with van der Waals surface area (Å²) in [5, 5.41) is 0. The second-order valence-corrected chi connectivity index (χ2v) is 6.03. The van der Waals surface area contributed by atoms with E-state index < -0.39 is 15.8 Å². The molecule has 0 aliphatic carbocycles. The predicted octanol–water partition coefficient (Wildman–Crippen LogP) is 0.190. The Morgan fingerprint density at radius 3 is 2.88 bits per heavy atom. The van der Waals surface area contributed by atoms with Crippen molar-refractivity contribution in [2.45, 2.75) is 11.3 Å². The van der Waals surface area contributed by atoms with Gasteiger partial charge < -0.3 is 5.73 Å². The smallest absolute Gasteiger partial charge is 0.244 e. The number of sulfonamides is 1. The number of aromatic nitrogens is 1. The van der Waals surface area contributed by atoms with E-state index in [0.717, 1.165) is 24.9 Å². The second kappa shape index (κ2) is 4.67. The number of pyridine rings is 1. The minimum atomic E-state index is -3.63. The molecule has 0 radical (unpaired) electrons. The zero-order valence-electron chi connectivity index (χ0n) is 9.21. The largest absolute Gasteiger partial charge is 0.330 e. The van der Waals surface area contributed by atoms with E-state index in [0.29, 0.717) is 19.6 Å². The third-order valence-corrected chi connectivity index (χ3v) is 4.73. The van der Waals surface area contributed by atoms with Crippen molar-refractivity contribution in [1.82, 2.24) is 9.29 Å². The molecular weight excluding hydrogens is 245 g/mol. The zero-order chi connectivity index (χ0) is 12.5. The predicted molar refractivity (Wildman–Crippen MR) is 60.1 cm³/mol. The van der Waals surface area contributed by atoms with E-state index in [1.165, 1.54) is 4.31 Å². The fourth-order valence-electron chi connectivity index (χ4n) is 1.89. The first kappa shape index (κ1) is 12.4. The van der Waals surface area contributed by atoms with E-state index >= 15 is 0 Å². The summed E-state index contributed by atoms with van der Waals surface area (Å²) in [6, 6.07) is 0.984. The molecule has 7 heteroatoms. The van der Waals surface area contributed by atoms with E-state index in [1.54, 1.807) is 0 Å². The topological polar surface area (TPSA) is 76.3 Å². The molecule has 0 amide bonds. The van der Waals surface area contributed by atoms with Crippen LogP contribution < -0.4 is 5.73 Å². The van der Waals surface area contributed by atoms with Gasteiger partial charge in [0.15, 0.2) is 0 Å². The average Bonchev–Trinajstić information content (AvgIpc) is 2.78. The average molecular weight is 259 g/mol. The number of hydrogen-bond acceptors (Lipinski definition) is 4. The minimum Gasteiger partial charge on any atom is -0.330 e. The Morgan fingerprint density at radius 1 is 1.53 bits per heavy atom. The van der Waals surface area contributed by atoms with Gasteiger partial charge in [-0.15, -0.1) is 0 Å². The van der Waals surface area contributed by atoms with E-state index in [-0.39, 0.29) is 10.8 Å². The molecule has 17 heavy (non-hydrogen) atoms. The van der Waals surface area contributed by atoms with Crippen LogP contribution in [0.15, 0.2) is 23.4 Å². The van der Waals surface area contributed by atoms with Gasteiger partial charge in [-0.2, -0.15) is 4.31 Å². The Kier molecular flexibility index (Phi) is 3.41. The van der Waals surface area contributed by atoms with Gasteiger partial charge in [0.1, 0.15) is 10.7 Å². The van der Waals surface area contributed by atoms with Gasteiger partial charge in [0.2, 0.25) is 10.0 Å². The quantitative estimate of drug-likeness (QED) is 0.840. The highest BCUT2D eigenvalue weighted by Crippen LogP contribution is 2.23. The van der Waals surface area contributed by atoms with Crippen molar-refractivity contribution in [2.24, 2.45) is 11.7 Å². The molecule has 0 unspecified atom stereocenters. The Morgan fingerprint density at radius 2 is 2.29 bits per heavy atom. The molecule has 0 bridgehead atoms. The number of hydrogen-bond donors (Lipinski definition) is 1. The van der Waals surface area contributed by atoms with Crippen LogP contribution >= 0.6 is 0 Å². The Labute approximate surface area is 99.5 Å². The number of nitrogens with zero attached hydrogens (tertiary/aromatic N) is 2. The first-order chi connectivity index (χ1) is 8.04. The molecule has 2 rings (SSSR count). The molecule has 1 fully saturated rings. The first-order valence-corrected chi connectivity index (χ1v) is 6.79. The summed E-state index contributed by atoms with van der Waals surface area (Å²) in [5.74, 6) is -0.466. The van der Waals surface area contributed by atoms with Crippen LogP contribution in [0.2, 0.25) is 0 Å². The lowest BCUT2D eigenvalue weighted by molar-refractivity contribution is 0.458. The highest BCUT2D eigenvalue weighted by Gasteiger charge is 2.32. The van der Waals surface area contributed by atoms with Crippen LogP contribution in [0.3, 0.4) is 0 Å². The maximum absolute atomic E-state index is 13.0. The lowest BCUT2D eigenvalue weighted by Gasteiger charge is -2.15. The molecule has 5 nitrogen and oxygen atoms in total. The summed E-state index contributed by atoms with van der Waals surface area (Å²) in [7, 11) is -3.63. The summed E-state index contributed by atoms with van der Waals surface area (Å²) in [5.41, 5.74) is 5.51. The van der Waals surface area contributed by atoms with E-state index in [1.807, 2.05) is 0 Å². The van der Waals surface area contributed by atoms with Crippen LogP contribution in [-0.2, 0) is 10.0 Å². The number of halogens is 1.